The van der Waals surface area contributed by atoms with Gasteiger partial charge in [-0.15, -0.1) is 11.3 Å². The first kappa shape index (κ1) is 13.1. The number of hydrogen-bond acceptors (Lipinski definition) is 3. The third-order valence-corrected chi connectivity index (χ3v) is 4.37. The van der Waals surface area contributed by atoms with E-state index in [0.717, 1.165) is 22.7 Å². The van der Waals surface area contributed by atoms with Crippen molar-refractivity contribution in [3.05, 3.63) is 70.2 Å². The number of para-hydroxylation sites is 1. The summed E-state index contributed by atoms with van der Waals surface area (Å²) in [5.74, 6) is 0. The van der Waals surface area contributed by atoms with Crippen molar-refractivity contribution >= 4 is 11.3 Å². The Morgan fingerprint density at radius 1 is 1.20 bits per heavy atom. The van der Waals surface area contributed by atoms with Gasteiger partial charge in [0.05, 0.1) is 11.4 Å². The Labute approximate surface area is 122 Å². The van der Waals surface area contributed by atoms with Crippen LogP contribution in [0.15, 0.2) is 54.0 Å². The van der Waals surface area contributed by atoms with Crippen LogP contribution in [-0.4, -0.2) is 14.9 Å². The van der Waals surface area contributed by atoms with Crippen LogP contribution in [0.5, 0.6) is 0 Å². The first-order chi connectivity index (χ1) is 9.81. The molecule has 0 aliphatic rings. The van der Waals surface area contributed by atoms with Gasteiger partial charge < -0.3 is 5.11 Å². The second-order valence-electron chi connectivity index (χ2n) is 4.57. The number of hydrogen-bond donors (Lipinski definition) is 1. The molecule has 0 bridgehead atoms. The highest BCUT2D eigenvalue weighted by Crippen LogP contribution is 2.30. The molecule has 0 aliphatic heterocycles. The fourth-order valence-corrected chi connectivity index (χ4v) is 3.31. The van der Waals surface area contributed by atoms with Crippen molar-refractivity contribution in [1.82, 2.24) is 9.78 Å². The zero-order valence-electron chi connectivity index (χ0n) is 11.2. The number of aryl methyl sites for hydroxylation is 1. The quantitative estimate of drug-likeness (QED) is 0.795. The lowest BCUT2D eigenvalue weighted by Crippen LogP contribution is -2.08. The molecule has 0 radical (unpaired) electrons. The summed E-state index contributed by atoms with van der Waals surface area (Å²) in [5, 5.41) is 17.0. The molecule has 3 nitrogen and oxygen atoms in total. The third-order valence-electron chi connectivity index (χ3n) is 3.36. The minimum atomic E-state index is -0.632. The van der Waals surface area contributed by atoms with Crippen molar-refractivity contribution in [1.29, 1.82) is 0 Å². The number of aromatic nitrogens is 2. The molecule has 0 amide bonds. The van der Waals surface area contributed by atoms with E-state index in [1.54, 1.807) is 22.2 Å². The zero-order valence-corrected chi connectivity index (χ0v) is 12.0. The standard InChI is InChI=1S/C16H16N2OS/c1-2-12-9-11-20-16(12)15(19)14-8-10-17-18(14)13-6-4-3-5-7-13/h3-11,15,19H,2H2,1H3. The number of nitrogens with zero attached hydrogens (tertiary/aromatic N) is 2. The van der Waals surface area contributed by atoms with E-state index in [0.29, 0.717) is 0 Å². The maximum absolute atomic E-state index is 10.7. The second-order valence-corrected chi connectivity index (χ2v) is 5.52. The molecule has 0 aliphatic carbocycles. The van der Waals surface area contributed by atoms with E-state index in [9.17, 15) is 5.11 Å². The van der Waals surface area contributed by atoms with Gasteiger partial charge in [0.1, 0.15) is 6.10 Å². The Morgan fingerprint density at radius 2 is 2.00 bits per heavy atom. The molecule has 1 unspecified atom stereocenters. The van der Waals surface area contributed by atoms with E-state index in [1.807, 2.05) is 41.8 Å². The van der Waals surface area contributed by atoms with Crippen LogP contribution in [0, 0.1) is 0 Å². The Balaban J connectivity index is 2.02. The van der Waals surface area contributed by atoms with Gasteiger partial charge in [-0.25, -0.2) is 4.68 Å². The van der Waals surface area contributed by atoms with E-state index in [4.69, 9.17) is 0 Å². The van der Waals surface area contributed by atoms with Crippen molar-refractivity contribution in [3.63, 3.8) is 0 Å². The Morgan fingerprint density at radius 3 is 2.75 bits per heavy atom. The number of aliphatic hydroxyl groups is 1. The van der Waals surface area contributed by atoms with E-state index in [1.165, 1.54) is 5.56 Å². The summed E-state index contributed by atoms with van der Waals surface area (Å²) in [7, 11) is 0. The zero-order chi connectivity index (χ0) is 13.9. The third kappa shape index (κ3) is 2.28. The molecule has 1 atom stereocenters. The molecule has 0 saturated heterocycles. The average molecular weight is 284 g/mol. The molecule has 102 valence electrons. The molecule has 4 heteroatoms. The largest absolute Gasteiger partial charge is 0.381 e. The molecule has 0 fully saturated rings. The summed E-state index contributed by atoms with van der Waals surface area (Å²) >= 11 is 1.59. The van der Waals surface area contributed by atoms with Gasteiger partial charge >= 0.3 is 0 Å². The van der Waals surface area contributed by atoms with E-state index in [2.05, 4.69) is 18.1 Å². The molecule has 0 spiro atoms. The average Bonchev–Trinajstić information content (AvgIpc) is 3.16. The van der Waals surface area contributed by atoms with Gasteiger partial charge in [0.2, 0.25) is 0 Å². The van der Waals surface area contributed by atoms with Crippen LogP contribution < -0.4 is 0 Å². The molecule has 3 rings (SSSR count). The van der Waals surface area contributed by atoms with Crippen molar-refractivity contribution in [2.45, 2.75) is 19.4 Å². The van der Waals surface area contributed by atoms with Crippen molar-refractivity contribution in [3.8, 4) is 5.69 Å². The van der Waals surface area contributed by atoms with Crippen molar-refractivity contribution in [2.75, 3.05) is 0 Å². The molecule has 1 aromatic carbocycles. The molecule has 1 N–H and O–H groups in total. The van der Waals surface area contributed by atoms with Crippen LogP contribution in [0.4, 0.5) is 0 Å². The topological polar surface area (TPSA) is 38.1 Å². The van der Waals surface area contributed by atoms with Gasteiger partial charge in [-0.1, -0.05) is 25.1 Å². The Kier molecular flexibility index (Phi) is 3.67. The molecule has 2 heterocycles. The molecular weight excluding hydrogens is 268 g/mol. The predicted octanol–water partition coefficient (Wildman–Crippen LogP) is 3.58. The number of thiophene rings is 1. The highest BCUT2D eigenvalue weighted by Gasteiger charge is 2.19. The molecule has 0 saturated carbocycles. The normalized spacial score (nSPS) is 12.5. The van der Waals surface area contributed by atoms with Crippen molar-refractivity contribution < 1.29 is 5.11 Å². The fourth-order valence-electron chi connectivity index (χ4n) is 2.32. The summed E-state index contributed by atoms with van der Waals surface area (Å²) in [5.41, 5.74) is 2.96. The fraction of sp³-hybridized carbons (Fsp3) is 0.188. The van der Waals surface area contributed by atoms with Gasteiger partial charge in [-0.2, -0.15) is 5.10 Å². The number of aliphatic hydroxyl groups excluding tert-OH is 1. The molecule has 20 heavy (non-hydrogen) atoms. The van der Waals surface area contributed by atoms with Gasteiger partial charge in [-0.05, 0) is 41.6 Å². The summed E-state index contributed by atoms with van der Waals surface area (Å²) < 4.78 is 1.80. The molecule has 3 aromatic rings. The second kappa shape index (κ2) is 5.61. The lowest BCUT2D eigenvalue weighted by Gasteiger charge is -2.13. The number of benzene rings is 1. The van der Waals surface area contributed by atoms with Gasteiger partial charge in [0.25, 0.3) is 0 Å². The van der Waals surface area contributed by atoms with Gasteiger partial charge in [-0.3, -0.25) is 0 Å². The number of rotatable bonds is 4. The molecule has 2 aromatic heterocycles. The van der Waals surface area contributed by atoms with E-state index >= 15 is 0 Å². The highest BCUT2D eigenvalue weighted by atomic mass is 32.1. The van der Waals surface area contributed by atoms with Crippen molar-refractivity contribution in [2.24, 2.45) is 0 Å². The highest BCUT2D eigenvalue weighted by molar-refractivity contribution is 7.10. The van der Waals surface area contributed by atoms with E-state index < -0.39 is 6.10 Å². The predicted molar refractivity (Wildman–Crippen MR) is 81.3 cm³/mol. The SMILES string of the molecule is CCc1ccsc1C(O)c1ccnn1-c1ccccc1. The van der Waals surface area contributed by atoms with Crippen LogP contribution >= 0.6 is 11.3 Å². The first-order valence-electron chi connectivity index (χ1n) is 6.65. The first-order valence-corrected chi connectivity index (χ1v) is 7.53. The Hall–Kier alpha value is -1.91. The summed E-state index contributed by atoms with van der Waals surface area (Å²) in [6.07, 6.45) is 2.02. The van der Waals surface area contributed by atoms with Gasteiger partial charge in [0.15, 0.2) is 0 Å². The van der Waals surface area contributed by atoms with Crippen LogP contribution in [-0.2, 0) is 6.42 Å². The summed E-state index contributed by atoms with van der Waals surface area (Å²) in [4.78, 5) is 1.00. The molecular formula is C16H16N2OS. The summed E-state index contributed by atoms with van der Waals surface area (Å²) in [6, 6.07) is 13.8. The lowest BCUT2D eigenvalue weighted by atomic mass is 10.1. The minimum absolute atomic E-state index is 0.632. The monoisotopic (exact) mass is 284 g/mol. The smallest absolute Gasteiger partial charge is 0.130 e. The van der Waals surface area contributed by atoms with Crippen LogP contribution in [0.1, 0.15) is 29.2 Å². The lowest BCUT2D eigenvalue weighted by molar-refractivity contribution is 0.215. The van der Waals surface area contributed by atoms with Crippen LogP contribution in [0.3, 0.4) is 0 Å². The maximum Gasteiger partial charge on any atom is 0.130 e. The Bertz CT molecular complexity index is 687. The summed E-state index contributed by atoms with van der Waals surface area (Å²) in [6.45, 7) is 2.10. The van der Waals surface area contributed by atoms with Crippen LogP contribution in [0.2, 0.25) is 0 Å². The van der Waals surface area contributed by atoms with Crippen LogP contribution in [0.25, 0.3) is 5.69 Å². The van der Waals surface area contributed by atoms with Gasteiger partial charge in [0, 0.05) is 11.1 Å². The minimum Gasteiger partial charge on any atom is -0.381 e. The van der Waals surface area contributed by atoms with E-state index in [-0.39, 0.29) is 0 Å². The maximum atomic E-state index is 10.7.